The minimum Gasteiger partial charge on any atom is -0.379 e. The predicted octanol–water partition coefficient (Wildman–Crippen LogP) is 1.55. The molecule has 0 unspecified atom stereocenters. The molecule has 0 amide bonds. The van der Waals surface area contributed by atoms with Crippen LogP contribution in [0.4, 0.5) is 5.82 Å². The lowest BCUT2D eigenvalue weighted by Crippen LogP contribution is -2.36. The highest BCUT2D eigenvalue weighted by atomic mass is 16.5. The van der Waals surface area contributed by atoms with Crippen LogP contribution in [0, 0.1) is 5.92 Å². The van der Waals surface area contributed by atoms with E-state index in [0.29, 0.717) is 5.92 Å². The second kappa shape index (κ2) is 7.99. The number of ether oxygens (including phenoxy) is 1. The summed E-state index contributed by atoms with van der Waals surface area (Å²) in [4.78, 5) is 2.48. The quantitative estimate of drug-likeness (QED) is 0.835. The van der Waals surface area contributed by atoms with E-state index in [1.54, 1.807) is 0 Å². The van der Waals surface area contributed by atoms with Gasteiger partial charge in [-0.15, -0.1) is 0 Å². The fraction of sp³-hybridized carbons (Fsp3) is 0.526. The van der Waals surface area contributed by atoms with E-state index in [1.165, 1.54) is 11.1 Å². The van der Waals surface area contributed by atoms with E-state index in [4.69, 9.17) is 4.74 Å². The van der Waals surface area contributed by atoms with Crippen molar-refractivity contribution < 1.29 is 4.74 Å². The van der Waals surface area contributed by atoms with E-state index >= 15 is 0 Å². The molecule has 1 saturated heterocycles. The minimum atomic E-state index is 0.568. The predicted molar refractivity (Wildman–Crippen MR) is 98.5 cm³/mol. The van der Waals surface area contributed by atoms with E-state index in [-0.39, 0.29) is 0 Å². The smallest absolute Gasteiger partial charge is 0.124 e. The molecule has 2 aliphatic rings. The molecule has 6 nitrogen and oxygen atoms in total. The molecule has 0 radical (unpaired) electrons. The zero-order chi connectivity index (χ0) is 16.9. The first-order valence-corrected chi connectivity index (χ1v) is 9.22. The zero-order valence-corrected chi connectivity index (χ0v) is 14.7. The van der Waals surface area contributed by atoms with Crippen molar-refractivity contribution in [2.24, 2.45) is 5.92 Å². The van der Waals surface area contributed by atoms with E-state index in [0.717, 1.165) is 64.8 Å². The van der Waals surface area contributed by atoms with Gasteiger partial charge in [0.25, 0.3) is 0 Å². The number of benzene rings is 1. The average Bonchev–Trinajstić information content (AvgIpc) is 3.12. The van der Waals surface area contributed by atoms with Crippen LogP contribution in [0.25, 0.3) is 0 Å². The van der Waals surface area contributed by atoms with Crippen LogP contribution in [0.1, 0.15) is 11.1 Å². The summed E-state index contributed by atoms with van der Waals surface area (Å²) >= 11 is 0. The molecule has 134 valence electrons. The molecule has 6 heteroatoms. The first-order valence-electron chi connectivity index (χ1n) is 9.22. The number of nitrogens with one attached hydrogen (secondary N) is 2. The Bertz CT molecular complexity index is 680. The van der Waals surface area contributed by atoms with Gasteiger partial charge in [-0.2, -0.15) is 5.10 Å². The first-order chi connectivity index (χ1) is 12.4. The highest BCUT2D eigenvalue weighted by Crippen LogP contribution is 2.16. The maximum atomic E-state index is 5.45. The lowest BCUT2D eigenvalue weighted by Gasteiger charge is -2.28. The summed E-state index contributed by atoms with van der Waals surface area (Å²) < 4.78 is 7.51. The van der Waals surface area contributed by atoms with Crippen molar-refractivity contribution in [3.05, 3.63) is 47.7 Å². The SMILES string of the molecule is c1ccc(CN2CCOCC2)c(CNC[C@H]2CNc3ccnn3C2)c1. The zero-order valence-electron chi connectivity index (χ0n) is 14.7. The topological polar surface area (TPSA) is 54.4 Å². The molecule has 25 heavy (non-hydrogen) atoms. The van der Waals surface area contributed by atoms with Crippen molar-refractivity contribution in [2.45, 2.75) is 19.6 Å². The molecule has 1 fully saturated rings. The molecule has 2 aliphatic heterocycles. The minimum absolute atomic E-state index is 0.568. The van der Waals surface area contributed by atoms with Gasteiger partial charge in [0.2, 0.25) is 0 Å². The summed E-state index contributed by atoms with van der Waals surface area (Å²) in [6.07, 6.45) is 1.86. The number of hydrogen-bond donors (Lipinski definition) is 2. The molecule has 0 spiro atoms. The van der Waals surface area contributed by atoms with Gasteiger partial charge < -0.3 is 15.4 Å². The van der Waals surface area contributed by atoms with Crippen molar-refractivity contribution >= 4 is 5.82 Å². The Morgan fingerprint density at radius 2 is 2.00 bits per heavy atom. The van der Waals surface area contributed by atoms with Crippen LogP contribution in [-0.2, 0) is 24.4 Å². The third-order valence-corrected chi connectivity index (χ3v) is 5.08. The summed E-state index contributed by atoms with van der Waals surface area (Å²) in [7, 11) is 0. The average molecular weight is 341 g/mol. The highest BCUT2D eigenvalue weighted by Gasteiger charge is 2.18. The van der Waals surface area contributed by atoms with Crippen molar-refractivity contribution in [3.63, 3.8) is 0 Å². The van der Waals surface area contributed by atoms with Gasteiger partial charge in [0, 0.05) is 57.8 Å². The number of hydrogen-bond acceptors (Lipinski definition) is 5. The van der Waals surface area contributed by atoms with E-state index in [2.05, 4.69) is 49.6 Å². The number of fused-ring (bicyclic) bond motifs is 1. The molecule has 4 rings (SSSR count). The van der Waals surface area contributed by atoms with Crippen LogP contribution in [0.3, 0.4) is 0 Å². The number of rotatable bonds is 6. The third-order valence-electron chi connectivity index (χ3n) is 5.08. The maximum absolute atomic E-state index is 5.45. The summed E-state index contributed by atoms with van der Waals surface area (Å²) in [6, 6.07) is 10.8. The lowest BCUT2D eigenvalue weighted by atomic mass is 10.1. The lowest BCUT2D eigenvalue weighted by molar-refractivity contribution is 0.0340. The Morgan fingerprint density at radius 3 is 2.88 bits per heavy atom. The molecule has 1 aromatic heterocycles. The Hall–Kier alpha value is -1.89. The summed E-state index contributed by atoms with van der Waals surface area (Å²) in [6.45, 7) is 8.69. The monoisotopic (exact) mass is 341 g/mol. The molecule has 0 bridgehead atoms. The molecule has 3 heterocycles. The summed E-state index contributed by atoms with van der Waals surface area (Å²) in [5, 5.41) is 11.5. The number of morpholine rings is 1. The second-order valence-corrected chi connectivity index (χ2v) is 6.93. The normalized spacial score (nSPS) is 20.9. The van der Waals surface area contributed by atoms with Crippen molar-refractivity contribution in [1.82, 2.24) is 20.0 Å². The largest absolute Gasteiger partial charge is 0.379 e. The van der Waals surface area contributed by atoms with Gasteiger partial charge in [-0.1, -0.05) is 24.3 Å². The Kier molecular flexibility index (Phi) is 5.30. The molecule has 2 aromatic rings. The van der Waals surface area contributed by atoms with Crippen molar-refractivity contribution in [2.75, 3.05) is 44.7 Å². The van der Waals surface area contributed by atoms with E-state index in [9.17, 15) is 0 Å². The Morgan fingerprint density at radius 1 is 1.16 bits per heavy atom. The van der Waals surface area contributed by atoms with E-state index in [1.807, 2.05) is 12.3 Å². The molecular weight excluding hydrogens is 314 g/mol. The van der Waals surface area contributed by atoms with Crippen LogP contribution in [0.2, 0.25) is 0 Å². The molecule has 1 aromatic carbocycles. The standard InChI is InChI=1S/C19H27N5O/c1-2-4-18(15-23-7-9-25-10-8-23)17(3-1)13-20-11-16-12-21-19-5-6-22-24(19)14-16/h1-6,16,20-21H,7-15H2/t16-/m0/s1. The molecule has 0 saturated carbocycles. The van der Waals surface area contributed by atoms with Crippen molar-refractivity contribution in [1.29, 1.82) is 0 Å². The first kappa shape index (κ1) is 16.6. The van der Waals surface area contributed by atoms with Crippen LogP contribution in [-0.4, -0.2) is 54.1 Å². The van der Waals surface area contributed by atoms with Gasteiger partial charge in [0.15, 0.2) is 0 Å². The van der Waals surface area contributed by atoms with Gasteiger partial charge in [-0.3, -0.25) is 4.90 Å². The molecule has 2 N–H and O–H groups in total. The Balaban J connectivity index is 1.29. The summed E-state index contributed by atoms with van der Waals surface area (Å²) in [5.74, 6) is 1.70. The fourth-order valence-electron chi connectivity index (χ4n) is 3.62. The van der Waals surface area contributed by atoms with Crippen molar-refractivity contribution in [3.8, 4) is 0 Å². The second-order valence-electron chi connectivity index (χ2n) is 6.93. The Labute approximate surface area is 149 Å². The number of aromatic nitrogens is 2. The van der Waals surface area contributed by atoms with Gasteiger partial charge in [0.1, 0.15) is 5.82 Å². The van der Waals surface area contributed by atoms with Gasteiger partial charge in [-0.25, -0.2) is 4.68 Å². The van der Waals surface area contributed by atoms with Gasteiger partial charge in [0.05, 0.1) is 19.4 Å². The highest BCUT2D eigenvalue weighted by molar-refractivity contribution is 5.35. The molecule has 0 aliphatic carbocycles. The van der Waals surface area contributed by atoms with Crippen LogP contribution in [0.5, 0.6) is 0 Å². The van der Waals surface area contributed by atoms with Gasteiger partial charge >= 0.3 is 0 Å². The number of nitrogens with zero attached hydrogens (tertiary/aromatic N) is 3. The van der Waals surface area contributed by atoms with Crippen LogP contribution < -0.4 is 10.6 Å². The van der Waals surface area contributed by atoms with Crippen LogP contribution >= 0.6 is 0 Å². The van der Waals surface area contributed by atoms with Crippen LogP contribution in [0.15, 0.2) is 36.5 Å². The third kappa shape index (κ3) is 4.21. The fourth-order valence-corrected chi connectivity index (χ4v) is 3.62. The van der Waals surface area contributed by atoms with E-state index < -0.39 is 0 Å². The summed E-state index contributed by atoms with van der Waals surface area (Å²) in [5.41, 5.74) is 2.82. The maximum Gasteiger partial charge on any atom is 0.124 e. The molecular formula is C19H27N5O. The number of anilines is 1. The molecule has 1 atom stereocenters. The van der Waals surface area contributed by atoms with Gasteiger partial charge in [-0.05, 0) is 11.1 Å².